The van der Waals surface area contributed by atoms with Crippen LogP contribution in [0.3, 0.4) is 0 Å². The van der Waals surface area contributed by atoms with Gasteiger partial charge in [-0.15, -0.1) is 11.3 Å². The third-order valence-electron chi connectivity index (χ3n) is 5.37. The lowest BCUT2D eigenvalue weighted by molar-refractivity contribution is -0.114. The van der Waals surface area contributed by atoms with Crippen LogP contribution in [-0.4, -0.2) is 33.4 Å². The van der Waals surface area contributed by atoms with Crippen molar-refractivity contribution in [2.24, 2.45) is 0 Å². The molecule has 0 spiro atoms. The highest BCUT2D eigenvalue weighted by molar-refractivity contribution is 9.10. The number of thiophene rings is 1. The summed E-state index contributed by atoms with van der Waals surface area (Å²) >= 11 is 4.72. The second kappa shape index (κ2) is 10.3. The SMILES string of the molecule is CCOC(=O)c1c(NC(=O)CN(c2cccc(Br)c2)S(=O)(=O)c2ccccc2)sc2c1CCC2. The highest BCUT2D eigenvalue weighted by atomic mass is 79.9. The van der Waals surface area contributed by atoms with Gasteiger partial charge in [-0.2, -0.15) is 0 Å². The van der Waals surface area contributed by atoms with Crippen LogP contribution in [0.2, 0.25) is 0 Å². The number of nitrogens with one attached hydrogen (secondary N) is 1. The predicted molar refractivity (Wildman–Crippen MR) is 136 cm³/mol. The fraction of sp³-hybridized carbons (Fsp3) is 0.250. The zero-order valence-corrected chi connectivity index (χ0v) is 21.6. The normalized spacial score (nSPS) is 12.8. The minimum atomic E-state index is -4.03. The molecule has 0 fully saturated rings. The molecule has 10 heteroatoms. The number of aryl methyl sites for hydroxylation is 1. The number of hydrogen-bond donors (Lipinski definition) is 1. The average Bonchev–Trinajstić information content (AvgIpc) is 3.39. The maximum Gasteiger partial charge on any atom is 0.341 e. The minimum absolute atomic E-state index is 0.0742. The lowest BCUT2D eigenvalue weighted by Crippen LogP contribution is -2.38. The zero-order chi connectivity index (χ0) is 24.3. The first-order valence-electron chi connectivity index (χ1n) is 10.8. The number of esters is 1. The van der Waals surface area contributed by atoms with E-state index >= 15 is 0 Å². The fourth-order valence-corrected chi connectivity index (χ4v) is 6.99. The Morgan fingerprint density at radius 3 is 2.59 bits per heavy atom. The van der Waals surface area contributed by atoms with Crippen molar-refractivity contribution in [1.29, 1.82) is 0 Å². The summed E-state index contributed by atoms with van der Waals surface area (Å²) in [7, 11) is -4.03. The van der Waals surface area contributed by atoms with E-state index in [0.717, 1.165) is 34.0 Å². The van der Waals surface area contributed by atoms with E-state index in [0.29, 0.717) is 20.7 Å². The van der Waals surface area contributed by atoms with Gasteiger partial charge in [-0.25, -0.2) is 13.2 Å². The van der Waals surface area contributed by atoms with Crippen LogP contribution in [0, 0.1) is 0 Å². The Labute approximate surface area is 210 Å². The van der Waals surface area contributed by atoms with Gasteiger partial charge in [-0.3, -0.25) is 9.10 Å². The Bertz CT molecular complexity index is 1320. The van der Waals surface area contributed by atoms with Crippen LogP contribution in [0.4, 0.5) is 10.7 Å². The number of nitrogens with zero attached hydrogens (tertiary/aromatic N) is 1. The van der Waals surface area contributed by atoms with Crippen molar-refractivity contribution in [2.45, 2.75) is 31.1 Å². The molecule has 1 amide bonds. The molecule has 0 atom stereocenters. The number of anilines is 2. The van der Waals surface area contributed by atoms with E-state index in [-0.39, 0.29) is 11.5 Å². The topological polar surface area (TPSA) is 92.8 Å². The van der Waals surface area contributed by atoms with Crippen LogP contribution >= 0.6 is 27.3 Å². The van der Waals surface area contributed by atoms with E-state index < -0.39 is 28.4 Å². The van der Waals surface area contributed by atoms with Crippen LogP contribution in [0.5, 0.6) is 0 Å². The largest absolute Gasteiger partial charge is 0.462 e. The summed E-state index contributed by atoms with van der Waals surface area (Å²) in [6.45, 7) is 1.49. The number of carbonyl (C=O) groups excluding carboxylic acids is 2. The molecule has 4 rings (SSSR count). The molecule has 0 unspecified atom stereocenters. The van der Waals surface area contributed by atoms with Gasteiger partial charge in [0.15, 0.2) is 0 Å². The van der Waals surface area contributed by atoms with E-state index in [1.54, 1.807) is 49.4 Å². The summed E-state index contributed by atoms with van der Waals surface area (Å²) in [5.41, 5.74) is 1.64. The lowest BCUT2D eigenvalue weighted by Gasteiger charge is -2.24. The Hall–Kier alpha value is -2.69. The Balaban J connectivity index is 1.66. The van der Waals surface area contributed by atoms with Crippen LogP contribution in [0.1, 0.15) is 34.1 Å². The molecule has 1 N–H and O–H groups in total. The molecule has 0 radical (unpaired) electrons. The summed E-state index contributed by atoms with van der Waals surface area (Å²) in [6.07, 6.45) is 2.55. The quantitative estimate of drug-likeness (QED) is 0.389. The van der Waals surface area contributed by atoms with Gasteiger partial charge >= 0.3 is 5.97 Å². The molecule has 7 nitrogen and oxygen atoms in total. The molecule has 1 aliphatic rings. The van der Waals surface area contributed by atoms with Crippen LogP contribution in [-0.2, 0) is 32.4 Å². The van der Waals surface area contributed by atoms with Crippen molar-refractivity contribution in [2.75, 3.05) is 22.8 Å². The van der Waals surface area contributed by atoms with E-state index in [4.69, 9.17) is 4.74 Å². The molecule has 178 valence electrons. The number of amides is 1. The molecule has 34 heavy (non-hydrogen) atoms. The summed E-state index contributed by atoms with van der Waals surface area (Å²) in [6, 6.07) is 14.7. The Morgan fingerprint density at radius 2 is 1.88 bits per heavy atom. The van der Waals surface area contributed by atoms with E-state index in [1.807, 2.05) is 0 Å². The van der Waals surface area contributed by atoms with Crippen molar-refractivity contribution in [3.63, 3.8) is 0 Å². The number of hydrogen-bond acceptors (Lipinski definition) is 6. The Kier molecular flexibility index (Phi) is 7.39. The van der Waals surface area contributed by atoms with Crippen LogP contribution in [0.15, 0.2) is 64.0 Å². The first kappa shape index (κ1) is 24.4. The minimum Gasteiger partial charge on any atom is -0.462 e. The second-order valence-electron chi connectivity index (χ2n) is 7.63. The van der Waals surface area contributed by atoms with Gasteiger partial charge in [0, 0.05) is 9.35 Å². The number of benzene rings is 2. The third kappa shape index (κ3) is 5.03. The van der Waals surface area contributed by atoms with Crippen LogP contribution in [0.25, 0.3) is 0 Å². The van der Waals surface area contributed by atoms with Gasteiger partial charge < -0.3 is 10.1 Å². The predicted octanol–water partition coefficient (Wildman–Crippen LogP) is 5.01. The summed E-state index contributed by atoms with van der Waals surface area (Å²) in [5.74, 6) is -1.03. The fourth-order valence-electron chi connectivity index (χ4n) is 3.87. The molecule has 1 aromatic heterocycles. The van der Waals surface area contributed by atoms with Crippen molar-refractivity contribution < 1.29 is 22.7 Å². The van der Waals surface area contributed by atoms with Gasteiger partial charge in [-0.1, -0.05) is 40.2 Å². The van der Waals surface area contributed by atoms with Crippen molar-refractivity contribution in [3.8, 4) is 0 Å². The summed E-state index contributed by atoms with van der Waals surface area (Å²) in [5, 5.41) is 3.18. The smallest absolute Gasteiger partial charge is 0.341 e. The molecule has 3 aromatic rings. The summed E-state index contributed by atoms with van der Waals surface area (Å²) in [4.78, 5) is 26.9. The first-order chi connectivity index (χ1) is 16.3. The van der Waals surface area contributed by atoms with Gasteiger partial charge in [0.2, 0.25) is 5.91 Å². The monoisotopic (exact) mass is 562 g/mol. The van der Waals surface area contributed by atoms with Gasteiger partial charge in [0.25, 0.3) is 10.0 Å². The molecule has 1 aliphatic carbocycles. The molecule has 0 saturated carbocycles. The van der Waals surface area contributed by atoms with E-state index in [9.17, 15) is 18.0 Å². The van der Waals surface area contributed by atoms with Crippen LogP contribution < -0.4 is 9.62 Å². The number of fused-ring (bicyclic) bond motifs is 1. The number of sulfonamides is 1. The molecule has 2 aromatic carbocycles. The maximum atomic E-state index is 13.5. The zero-order valence-electron chi connectivity index (χ0n) is 18.4. The van der Waals surface area contributed by atoms with Gasteiger partial charge in [0.05, 0.1) is 22.8 Å². The molecular weight excluding hydrogens is 540 g/mol. The molecule has 0 aliphatic heterocycles. The summed E-state index contributed by atoms with van der Waals surface area (Å²) < 4.78 is 33.9. The molecule has 1 heterocycles. The van der Waals surface area contributed by atoms with Gasteiger partial charge in [0.1, 0.15) is 11.5 Å². The third-order valence-corrected chi connectivity index (χ3v) is 8.86. The number of carbonyl (C=O) groups is 2. The van der Waals surface area contributed by atoms with Crippen molar-refractivity contribution >= 4 is 59.9 Å². The molecular formula is C24H23BrN2O5S2. The van der Waals surface area contributed by atoms with Crippen molar-refractivity contribution in [1.82, 2.24) is 0 Å². The number of halogens is 1. The Morgan fingerprint density at radius 1 is 1.12 bits per heavy atom. The first-order valence-corrected chi connectivity index (χ1v) is 13.8. The lowest BCUT2D eigenvalue weighted by atomic mass is 10.1. The number of ether oxygens (including phenoxy) is 1. The second-order valence-corrected chi connectivity index (χ2v) is 11.5. The standard InChI is InChI=1S/C24H23BrN2O5S2/c1-2-32-24(29)22-19-12-7-13-20(19)33-23(22)26-21(28)15-27(17-9-6-8-16(25)14-17)34(30,31)18-10-4-3-5-11-18/h3-6,8-11,14H,2,7,12-13,15H2,1H3,(H,26,28). The maximum absolute atomic E-state index is 13.5. The number of rotatable bonds is 8. The van der Waals surface area contributed by atoms with E-state index in [1.165, 1.54) is 23.5 Å². The average molecular weight is 563 g/mol. The van der Waals surface area contributed by atoms with Gasteiger partial charge in [-0.05, 0) is 62.1 Å². The highest BCUT2D eigenvalue weighted by Gasteiger charge is 2.31. The highest BCUT2D eigenvalue weighted by Crippen LogP contribution is 2.39. The molecule has 0 saturated heterocycles. The van der Waals surface area contributed by atoms with E-state index in [2.05, 4.69) is 21.2 Å². The molecule has 0 bridgehead atoms. The van der Waals surface area contributed by atoms with Crippen molar-refractivity contribution in [3.05, 3.63) is 75.1 Å².